The van der Waals surface area contributed by atoms with Gasteiger partial charge in [-0.1, -0.05) is 61.4 Å². The van der Waals surface area contributed by atoms with E-state index in [9.17, 15) is 23.3 Å². The Hall–Kier alpha value is -4.02. The van der Waals surface area contributed by atoms with Crippen LogP contribution in [0.5, 0.6) is 0 Å². The Morgan fingerprint density at radius 2 is 1.71 bits per heavy atom. The van der Waals surface area contributed by atoms with E-state index in [2.05, 4.69) is 11.4 Å². The fourth-order valence-electron chi connectivity index (χ4n) is 5.57. The zero-order valence-corrected chi connectivity index (χ0v) is 24.1. The topological polar surface area (TPSA) is 128 Å². The number of amides is 1. The molecule has 5 rings (SSSR count). The molecule has 0 saturated heterocycles. The second-order valence-corrected chi connectivity index (χ2v) is 12.5. The van der Waals surface area contributed by atoms with Crippen molar-refractivity contribution in [3.05, 3.63) is 106 Å². The number of carbonyl (C=O) groups is 1. The number of benzene rings is 3. The van der Waals surface area contributed by atoms with E-state index in [1.54, 1.807) is 12.1 Å². The van der Waals surface area contributed by atoms with Crippen molar-refractivity contribution in [2.24, 2.45) is 0 Å². The molecule has 3 aromatic rings. The van der Waals surface area contributed by atoms with E-state index in [4.69, 9.17) is 4.74 Å². The summed E-state index contributed by atoms with van der Waals surface area (Å²) in [5.74, 6) is -0.801. The summed E-state index contributed by atoms with van der Waals surface area (Å²) in [7, 11) is -4.36. The van der Waals surface area contributed by atoms with Crippen molar-refractivity contribution in [2.45, 2.75) is 75.0 Å². The number of nitrogens with one attached hydrogen (secondary N) is 2. The van der Waals surface area contributed by atoms with Crippen LogP contribution in [0, 0.1) is 10.1 Å². The first-order valence-corrected chi connectivity index (χ1v) is 15.9. The number of rotatable bonds is 10. The van der Waals surface area contributed by atoms with Gasteiger partial charge in [-0.25, -0.2) is 13.1 Å². The fourth-order valence-corrected chi connectivity index (χ4v) is 6.56. The normalized spacial score (nSPS) is 19.0. The fraction of sp³-hybridized carbons (Fsp3) is 0.344. The van der Waals surface area contributed by atoms with Crippen LogP contribution in [0.2, 0.25) is 0 Å². The summed E-state index contributed by atoms with van der Waals surface area (Å²) in [5, 5.41) is 15.2. The van der Waals surface area contributed by atoms with Gasteiger partial charge in [0.2, 0.25) is 0 Å². The van der Waals surface area contributed by atoms with Gasteiger partial charge >= 0.3 is 0 Å². The molecule has 0 radical (unpaired) electrons. The molecule has 1 fully saturated rings. The number of anilines is 1. The second-order valence-electron chi connectivity index (χ2n) is 10.8. The Labute approximate surface area is 246 Å². The lowest BCUT2D eigenvalue weighted by molar-refractivity contribution is -0.384. The van der Waals surface area contributed by atoms with Gasteiger partial charge in [0.1, 0.15) is 5.69 Å². The highest BCUT2D eigenvalue weighted by Gasteiger charge is 2.29. The molecule has 0 aliphatic heterocycles. The molecule has 1 amide bonds. The van der Waals surface area contributed by atoms with Crippen LogP contribution in [0.25, 0.3) is 5.57 Å². The molecule has 3 aromatic carbocycles. The Balaban J connectivity index is 1.28. The largest absolute Gasteiger partial charge is 0.374 e. The van der Waals surface area contributed by atoms with Crippen LogP contribution in [0.3, 0.4) is 0 Å². The summed E-state index contributed by atoms with van der Waals surface area (Å²) >= 11 is 0. The molecule has 220 valence electrons. The Bertz CT molecular complexity index is 1550. The van der Waals surface area contributed by atoms with Gasteiger partial charge in [0, 0.05) is 11.6 Å². The minimum Gasteiger partial charge on any atom is -0.374 e. The average Bonchev–Trinajstić information content (AvgIpc) is 3.01. The van der Waals surface area contributed by atoms with E-state index < -0.39 is 20.9 Å². The van der Waals surface area contributed by atoms with Crippen LogP contribution in [-0.4, -0.2) is 31.4 Å². The number of nitrogens with zero attached hydrogens (tertiary/aromatic N) is 1. The van der Waals surface area contributed by atoms with Crippen molar-refractivity contribution < 1.29 is 22.9 Å². The van der Waals surface area contributed by atoms with Crippen LogP contribution in [0.4, 0.5) is 11.4 Å². The molecular formula is C32H35N3O6S. The highest BCUT2D eigenvalue weighted by atomic mass is 32.2. The van der Waals surface area contributed by atoms with Crippen molar-refractivity contribution in [1.82, 2.24) is 4.72 Å². The summed E-state index contributed by atoms with van der Waals surface area (Å²) in [4.78, 5) is 23.8. The van der Waals surface area contributed by atoms with Crippen LogP contribution in [0.1, 0.15) is 72.9 Å². The molecule has 1 saturated carbocycles. The molecule has 2 aliphatic rings. The smallest absolute Gasteiger partial charge is 0.293 e. The van der Waals surface area contributed by atoms with Crippen LogP contribution in [-0.2, 0) is 21.4 Å². The van der Waals surface area contributed by atoms with Gasteiger partial charge < -0.3 is 10.1 Å². The predicted molar refractivity (Wildman–Crippen MR) is 162 cm³/mol. The molecule has 9 nitrogen and oxygen atoms in total. The number of nitro groups is 1. The number of carbonyl (C=O) groups excluding carboxylic acids is 1. The molecule has 2 unspecified atom stereocenters. The number of hydrogen-bond acceptors (Lipinski definition) is 7. The third-order valence-electron chi connectivity index (χ3n) is 7.86. The average molecular weight is 590 g/mol. The maximum absolute atomic E-state index is 13.1. The van der Waals surface area contributed by atoms with E-state index in [1.165, 1.54) is 24.1 Å². The Kier molecular flexibility index (Phi) is 9.34. The van der Waals surface area contributed by atoms with Crippen LogP contribution in [0.15, 0.2) is 83.8 Å². The van der Waals surface area contributed by atoms with Crippen molar-refractivity contribution in [2.75, 3.05) is 5.32 Å². The lowest BCUT2D eigenvalue weighted by Crippen LogP contribution is -2.38. The summed E-state index contributed by atoms with van der Waals surface area (Å²) in [6, 6.07) is 20.1. The minimum atomic E-state index is -4.36. The molecular weight excluding hydrogens is 554 g/mol. The summed E-state index contributed by atoms with van der Waals surface area (Å²) in [6.07, 6.45) is 9.87. The van der Waals surface area contributed by atoms with Gasteiger partial charge in [-0.05, 0) is 79.5 Å². The molecule has 2 aliphatic carbocycles. The van der Waals surface area contributed by atoms with Gasteiger partial charge in [-0.15, -0.1) is 0 Å². The molecule has 2 atom stereocenters. The monoisotopic (exact) mass is 589 g/mol. The second kappa shape index (κ2) is 13.3. The van der Waals surface area contributed by atoms with Crippen molar-refractivity contribution >= 4 is 32.9 Å². The maximum atomic E-state index is 13.1. The minimum absolute atomic E-state index is 0.151. The lowest BCUT2D eigenvalue weighted by Gasteiger charge is -2.32. The molecule has 42 heavy (non-hydrogen) atoms. The van der Waals surface area contributed by atoms with Gasteiger partial charge in [0.05, 0.1) is 28.6 Å². The van der Waals surface area contributed by atoms with Gasteiger partial charge in [0.25, 0.3) is 21.6 Å². The Morgan fingerprint density at radius 1 is 0.952 bits per heavy atom. The summed E-state index contributed by atoms with van der Waals surface area (Å²) in [5.41, 5.74) is 3.29. The first kappa shape index (κ1) is 29.5. The first-order valence-electron chi connectivity index (χ1n) is 14.4. The standard InChI is InChI=1S/C32H35N3O6S/c36-32(26-17-15-25(16-18-26)24-11-5-2-6-12-24)34-42(39,40)27-19-20-28(30(21-27)35(37)38)33-29-13-7-8-14-31(29)41-22-23-9-3-1-4-10-23/h1,3-4,9-11,15-21,29,31,33H,2,5-8,12-14,22H2,(H,34,36). The number of sulfonamides is 1. The van der Waals surface area contributed by atoms with E-state index >= 15 is 0 Å². The Morgan fingerprint density at radius 3 is 2.43 bits per heavy atom. The summed E-state index contributed by atoms with van der Waals surface area (Å²) < 4.78 is 34.4. The molecule has 0 heterocycles. The van der Waals surface area contributed by atoms with Crippen LogP contribution >= 0.6 is 0 Å². The van der Waals surface area contributed by atoms with E-state index in [0.29, 0.717) is 6.61 Å². The van der Waals surface area contributed by atoms with Crippen LogP contribution < -0.4 is 10.0 Å². The van der Waals surface area contributed by atoms with Crippen molar-refractivity contribution in [3.8, 4) is 0 Å². The summed E-state index contributed by atoms with van der Waals surface area (Å²) in [6.45, 7) is 0.434. The third-order valence-corrected chi connectivity index (χ3v) is 9.19. The van der Waals surface area contributed by atoms with E-state index in [1.807, 2.05) is 47.2 Å². The lowest BCUT2D eigenvalue weighted by atomic mass is 9.92. The van der Waals surface area contributed by atoms with Gasteiger partial charge in [-0.3, -0.25) is 14.9 Å². The van der Waals surface area contributed by atoms with Crippen molar-refractivity contribution in [3.63, 3.8) is 0 Å². The maximum Gasteiger partial charge on any atom is 0.293 e. The van der Waals surface area contributed by atoms with Gasteiger partial charge in [0.15, 0.2) is 0 Å². The van der Waals surface area contributed by atoms with Crippen molar-refractivity contribution in [1.29, 1.82) is 0 Å². The molecule has 10 heteroatoms. The number of allylic oxidation sites excluding steroid dienone is 2. The molecule has 0 bridgehead atoms. The predicted octanol–water partition coefficient (Wildman–Crippen LogP) is 6.61. The quantitative estimate of drug-likeness (QED) is 0.201. The zero-order valence-electron chi connectivity index (χ0n) is 23.3. The number of hydrogen-bond donors (Lipinski definition) is 2. The molecule has 2 N–H and O–H groups in total. The van der Waals surface area contributed by atoms with E-state index in [0.717, 1.165) is 62.1 Å². The first-order chi connectivity index (χ1) is 20.3. The zero-order chi connectivity index (χ0) is 29.5. The SMILES string of the molecule is O=C(NS(=O)(=O)c1ccc(NC2CCCCC2OCc2ccccc2)c([N+](=O)[O-])c1)c1ccc(C2=CCCCC2)cc1. The van der Waals surface area contributed by atoms with Gasteiger partial charge in [-0.2, -0.15) is 0 Å². The number of nitro benzene ring substituents is 1. The molecule has 0 aromatic heterocycles. The third kappa shape index (κ3) is 7.24. The highest BCUT2D eigenvalue weighted by Crippen LogP contribution is 2.32. The van der Waals surface area contributed by atoms with E-state index in [-0.39, 0.29) is 34.0 Å². The number of ether oxygens (including phenoxy) is 1. The highest BCUT2D eigenvalue weighted by molar-refractivity contribution is 7.90. The molecule has 0 spiro atoms.